The van der Waals surface area contributed by atoms with Crippen LogP contribution in [0.5, 0.6) is 0 Å². The molecule has 0 aromatic heterocycles. The normalized spacial score (nSPS) is 23.3. The SMILES string of the molecule is CC[C@@H](C)[C@@H](C(=O)N(C)[C@H](C(=O)N(C)[C@@H](CC(C)C)C(=O)N[C@@H](CC(N)=O)C(=O)N[C@@H]1C(=O)N[C@@H](CC(N)=O)C(=O)N(C)CC(=O)N[C@@H](CC(N)=O)C(=O)N[C@@H](C)C(=O)N[C@H]([C@H](C)CC)C(=O)N[C@H]2CC(=O)N[C@@]2(O)[C@H](C)C(=O)N[C@H](CC(=O)NC(N)=O)C(=O)N[C@H](C)C(=O)N(C)[C@@H]([C@@H](C)CC)C(=O)O[C@@H]1C)C(C)C)N(C)C(=O)[C@H](CC(N)=O)N(C)C(=O)[C@H](C(C)C)N(C)C(=O)[C@@H](Cc1ccccc1)NC(=O)COC. The fourth-order valence-corrected chi connectivity index (χ4v) is 16.8. The highest BCUT2D eigenvalue weighted by molar-refractivity contribution is 6.04. The van der Waals surface area contributed by atoms with E-state index in [0.717, 1.165) is 71.2 Å². The average Bonchev–Trinajstić information content (AvgIpc) is 1.60. The number of hydrogen-bond acceptors (Lipinski definition) is 28. The molecule has 52 nitrogen and oxygen atoms in total. The Balaban J connectivity index is 2.33. The van der Waals surface area contributed by atoms with Gasteiger partial charge in [0.15, 0.2) is 5.72 Å². The summed E-state index contributed by atoms with van der Waals surface area (Å²) in [5.41, 5.74) is 25.9. The van der Waals surface area contributed by atoms with Crippen molar-refractivity contribution in [1.29, 1.82) is 0 Å². The Hall–Kier alpha value is -14.1. The molecule has 0 spiro atoms. The molecule has 0 saturated carbocycles. The quantitative estimate of drug-likeness (QED) is 0.0272. The second-order valence-corrected chi connectivity index (χ2v) is 38.3. The Labute approximate surface area is 842 Å². The number of benzene rings is 1. The van der Waals surface area contributed by atoms with Crippen molar-refractivity contribution in [2.75, 3.05) is 69.6 Å². The van der Waals surface area contributed by atoms with Gasteiger partial charge >= 0.3 is 12.0 Å². The summed E-state index contributed by atoms with van der Waals surface area (Å²) < 4.78 is 11.0. The predicted molar refractivity (Wildman–Crippen MR) is 517 cm³/mol. The molecule has 1 aromatic carbocycles. The number of cyclic esters (lactones) is 1. The van der Waals surface area contributed by atoms with Crippen molar-refractivity contribution in [2.24, 2.45) is 70.1 Å². The minimum absolute atomic E-state index is 0.0103. The molecule has 0 aliphatic carbocycles. The lowest BCUT2D eigenvalue weighted by Crippen LogP contribution is -2.65. The lowest BCUT2D eigenvalue weighted by Gasteiger charge is -2.42. The number of likely N-dealkylation sites (N-methyl/N-ethyl adjacent to an activating group) is 7. The Morgan fingerprint density at radius 1 is 0.510 bits per heavy atom. The third-order valence-corrected chi connectivity index (χ3v) is 25.6. The van der Waals surface area contributed by atoms with Gasteiger partial charge in [-0.2, -0.15) is 0 Å². The minimum Gasteiger partial charge on any atom is -0.458 e. The number of ether oxygens (including phenoxy) is 2. The van der Waals surface area contributed by atoms with Crippen LogP contribution < -0.4 is 92.5 Å². The average molecular weight is 2050 g/mol. The fourth-order valence-electron chi connectivity index (χ4n) is 16.8. The lowest BCUT2D eigenvalue weighted by molar-refractivity contribution is -0.163. The number of nitrogens with two attached hydrogens (primary N) is 5. The zero-order valence-electron chi connectivity index (χ0n) is 86.9. The second-order valence-electron chi connectivity index (χ2n) is 38.3. The summed E-state index contributed by atoms with van der Waals surface area (Å²) in [6, 6.07) is -21.3. The van der Waals surface area contributed by atoms with Crippen LogP contribution in [0.2, 0.25) is 0 Å². The van der Waals surface area contributed by atoms with E-state index >= 15 is 38.4 Å². The molecule has 2 saturated heterocycles. The van der Waals surface area contributed by atoms with Crippen molar-refractivity contribution in [1.82, 2.24) is 98.1 Å². The Kier molecular flexibility index (Phi) is 49.0. The Morgan fingerprint density at radius 2 is 1.01 bits per heavy atom. The van der Waals surface area contributed by atoms with Crippen molar-refractivity contribution >= 4 is 148 Å². The Bertz CT molecular complexity index is 4890. The van der Waals surface area contributed by atoms with E-state index in [1.807, 2.05) is 0 Å². The summed E-state index contributed by atoms with van der Waals surface area (Å²) >= 11 is 0. The van der Waals surface area contributed by atoms with Gasteiger partial charge in [-0.1, -0.05) is 133 Å². The molecule has 2 heterocycles. The molecule has 810 valence electrons. The van der Waals surface area contributed by atoms with Gasteiger partial charge in [0, 0.05) is 62.9 Å². The molecule has 2 aliphatic heterocycles. The molecule has 23 N–H and O–H groups in total. The number of primary amides is 5. The van der Waals surface area contributed by atoms with Crippen LogP contribution in [0, 0.1) is 41.4 Å². The molecule has 0 unspecified atom stereocenters. The van der Waals surface area contributed by atoms with Gasteiger partial charge < -0.3 is 136 Å². The van der Waals surface area contributed by atoms with Crippen molar-refractivity contribution < 1.29 is 134 Å². The number of methoxy groups -OCH3 is 1. The van der Waals surface area contributed by atoms with E-state index in [1.165, 1.54) is 56.2 Å². The first kappa shape index (κ1) is 125. The first-order valence-corrected chi connectivity index (χ1v) is 47.7. The number of imide groups is 1. The molecule has 2 fully saturated rings. The third kappa shape index (κ3) is 35.7. The number of hydrogen-bond donors (Lipinski definition) is 18. The minimum atomic E-state index is -2.77. The topological polar surface area (TPSA) is 763 Å². The molecule has 25 amide bonds. The van der Waals surface area contributed by atoms with Gasteiger partial charge in [-0.15, -0.1) is 0 Å². The molecular weight excluding hydrogens is 1900 g/mol. The summed E-state index contributed by atoms with van der Waals surface area (Å²) in [6.07, 6.45) is -7.99. The number of carbonyl (C=O) groups is 25. The van der Waals surface area contributed by atoms with E-state index in [2.05, 4.69) is 58.5 Å². The highest BCUT2D eigenvalue weighted by atomic mass is 16.5. The van der Waals surface area contributed by atoms with E-state index in [4.69, 9.17) is 38.1 Å². The Morgan fingerprint density at radius 3 is 1.52 bits per heavy atom. The number of urea groups is 1. The highest BCUT2D eigenvalue weighted by Crippen LogP contribution is 2.31. The van der Waals surface area contributed by atoms with Crippen LogP contribution in [-0.4, -0.2) is 365 Å². The van der Waals surface area contributed by atoms with E-state index in [9.17, 15) is 86.6 Å². The highest BCUT2D eigenvalue weighted by Gasteiger charge is 2.55. The lowest BCUT2D eigenvalue weighted by atomic mass is 9.89. The van der Waals surface area contributed by atoms with Crippen LogP contribution in [0.3, 0.4) is 0 Å². The van der Waals surface area contributed by atoms with Gasteiger partial charge in [0.25, 0.3) is 0 Å². The smallest absolute Gasteiger partial charge is 0.329 e. The summed E-state index contributed by atoms with van der Waals surface area (Å²) in [5.74, 6) is -34.3. The van der Waals surface area contributed by atoms with Gasteiger partial charge in [0.2, 0.25) is 136 Å². The maximum Gasteiger partial charge on any atom is 0.329 e. The molecule has 3 rings (SSSR count). The van der Waals surface area contributed by atoms with Gasteiger partial charge in [0.05, 0.1) is 57.0 Å². The zero-order valence-corrected chi connectivity index (χ0v) is 86.9. The number of rotatable bonds is 39. The van der Waals surface area contributed by atoms with E-state index in [-0.39, 0.29) is 32.1 Å². The number of amides is 25. The van der Waals surface area contributed by atoms with Crippen LogP contribution >= 0.6 is 0 Å². The van der Waals surface area contributed by atoms with E-state index in [0.29, 0.717) is 10.5 Å². The number of nitrogens with one attached hydrogen (secondary N) is 12. The zero-order chi connectivity index (χ0) is 111. The van der Waals surface area contributed by atoms with Crippen molar-refractivity contribution in [3.8, 4) is 0 Å². The molecule has 2 aliphatic rings. The van der Waals surface area contributed by atoms with Crippen molar-refractivity contribution in [3.63, 3.8) is 0 Å². The standard InChI is InChI=1S/C93H150N24O28/c1-25-46(10)70-82(132)106-61-40-67(123)110-93(61,143)49(13)76(126)103-56(38-66(122)107-92(98)142)79(129)100-51(15)84(134)117(23)75(48(12)27-3)91(141)145-52(16)71(83(133)105-58(37-64(96)120)85(135)111(17)41-68(124)101-54(35-62(94)118)78(128)99-50(14)77(127)108-70)109-80(130)55(36-63(95)119)104-81(131)59(33-43(4)5)112(18)88(138)73(45(8)9)115(21)90(140)74(47(11)26-2)116(22)87(137)60(39-65(97)121)113(19)89(139)72(44(6)7)114(20)86(136)57(102-69(125)42-144-24)34-53-31-29-28-30-32-53/h28-32,43-52,54-61,70-75,143H,25-27,33-42H2,1-24H3,(H2,94,118)(H2,95,119)(H2,96,120)(H2,97,121)(H,99,128)(H,100,129)(H,101,124)(H,102,125)(H,103,126)(H,104,131)(H,105,133)(H,106,132)(H,108,127)(H,109,130)(H,110,123)(H3,98,107,122,142)/t46-,47-,48+,49-,50+,51-,52-,54+,55+,56-,57-,58+,59+,60+,61+,70-,71+,72+,73+,74+,75+,93-/m1/s1. The molecule has 0 radical (unpaired) electrons. The number of nitrogens with zero attached hydrogens (tertiary/aromatic N) is 7. The summed E-state index contributed by atoms with van der Waals surface area (Å²) in [4.78, 5) is 362. The maximum absolute atomic E-state index is 15.6. The number of aliphatic hydroxyl groups is 1. The maximum atomic E-state index is 15.6. The molecule has 52 heteroatoms. The van der Waals surface area contributed by atoms with Crippen LogP contribution in [0.1, 0.15) is 181 Å². The van der Waals surface area contributed by atoms with Crippen molar-refractivity contribution in [2.45, 2.75) is 290 Å². The van der Waals surface area contributed by atoms with Crippen molar-refractivity contribution in [3.05, 3.63) is 35.9 Å². The van der Waals surface area contributed by atoms with Crippen LogP contribution in [0.25, 0.3) is 0 Å². The summed E-state index contributed by atoms with van der Waals surface area (Å²) in [5, 5.41) is 39.7. The summed E-state index contributed by atoms with van der Waals surface area (Å²) in [6.45, 7) is 21.7. The van der Waals surface area contributed by atoms with Crippen LogP contribution in [-0.2, 0) is 131 Å². The first-order chi connectivity index (χ1) is 67.3. The van der Waals surface area contributed by atoms with Gasteiger partial charge in [-0.3, -0.25) is 116 Å². The number of fused-ring (bicyclic) bond motifs is 1. The number of esters is 1. The molecule has 0 bridgehead atoms. The molecular formula is C93H150N24O28. The first-order valence-electron chi connectivity index (χ1n) is 47.7. The van der Waals surface area contributed by atoms with E-state index in [1.54, 1.807) is 105 Å². The van der Waals surface area contributed by atoms with Gasteiger partial charge in [-0.05, 0) is 75.2 Å². The number of carbonyl (C=O) groups excluding carboxylic acids is 25. The second kappa shape index (κ2) is 56.8. The van der Waals surface area contributed by atoms with Crippen LogP contribution in [0.4, 0.5) is 4.79 Å². The van der Waals surface area contributed by atoms with E-state index < -0.39 is 349 Å². The molecule has 1 aromatic rings. The van der Waals surface area contributed by atoms with Crippen LogP contribution in [0.15, 0.2) is 30.3 Å². The largest absolute Gasteiger partial charge is 0.458 e. The third-order valence-electron chi connectivity index (χ3n) is 25.6. The predicted octanol–water partition coefficient (Wildman–Crippen LogP) is -7.44. The monoisotopic (exact) mass is 2050 g/mol. The molecule has 145 heavy (non-hydrogen) atoms. The van der Waals surface area contributed by atoms with Gasteiger partial charge in [0.1, 0.15) is 103 Å². The van der Waals surface area contributed by atoms with Gasteiger partial charge in [-0.25, -0.2) is 9.59 Å². The molecule has 22 atom stereocenters. The fraction of sp³-hybridized carbons (Fsp3) is 0.667. The summed E-state index contributed by atoms with van der Waals surface area (Å²) in [7, 11) is 9.50.